The first kappa shape index (κ1) is 10.7. The molecular weight excluding hydrogens is 331 g/mol. The van der Waals surface area contributed by atoms with Gasteiger partial charge in [-0.25, -0.2) is 0 Å². The lowest BCUT2D eigenvalue weighted by Crippen LogP contribution is -2.26. The molecule has 0 aliphatic heterocycles. The summed E-state index contributed by atoms with van der Waals surface area (Å²) in [5, 5.41) is 0. The zero-order valence-electron chi connectivity index (χ0n) is 7.29. The standard InChI is InChI=1S/C9H12BrIO/c1-9(2)5-3-4-6(12)7(9)8(10)11/h3-5H2,1-2H3. The highest BCUT2D eigenvalue weighted by Crippen LogP contribution is 2.42. The topological polar surface area (TPSA) is 17.1 Å². The third kappa shape index (κ3) is 2.10. The van der Waals surface area contributed by atoms with E-state index in [1.807, 2.05) is 0 Å². The Morgan fingerprint density at radius 1 is 1.58 bits per heavy atom. The van der Waals surface area contributed by atoms with Crippen LogP contribution in [0.1, 0.15) is 33.1 Å². The molecule has 1 saturated carbocycles. The van der Waals surface area contributed by atoms with Crippen molar-refractivity contribution in [1.29, 1.82) is 0 Å². The molecule has 0 radical (unpaired) electrons. The normalized spacial score (nSPS) is 27.2. The minimum atomic E-state index is 0.0648. The van der Waals surface area contributed by atoms with Crippen LogP contribution < -0.4 is 0 Å². The lowest BCUT2D eigenvalue weighted by atomic mass is 9.73. The number of ketones is 1. The van der Waals surface area contributed by atoms with Gasteiger partial charge in [0.05, 0.1) is 2.49 Å². The van der Waals surface area contributed by atoms with E-state index in [0.717, 1.165) is 27.3 Å². The van der Waals surface area contributed by atoms with Crippen molar-refractivity contribution in [2.45, 2.75) is 33.1 Å². The summed E-state index contributed by atoms with van der Waals surface area (Å²) in [4.78, 5) is 11.6. The fourth-order valence-corrected chi connectivity index (χ4v) is 3.47. The van der Waals surface area contributed by atoms with Crippen LogP contribution in [0.4, 0.5) is 0 Å². The van der Waals surface area contributed by atoms with Crippen LogP contribution in [0.2, 0.25) is 0 Å². The van der Waals surface area contributed by atoms with Gasteiger partial charge in [-0.05, 0) is 56.8 Å². The van der Waals surface area contributed by atoms with Crippen LogP contribution in [0.3, 0.4) is 0 Å². The first-order valence-corrected chi connectivity index (χ1v) is 5.91. The zero-order chi connectivity index (χ0) is 9.35. The molecular formula is C9H12BrIO. The molecule has 0 heterocycles. The third-order valence-corrected chi connectivity index (χ3v) is 3.29. The predicted molar refractivity (Wildman–Crippen MR) is 62.6 cm³/mol. The minimum Gasteiger partial charge on any atom is -0.294 e. The summed E-state index contributed by atoms with van der Waals surface area (Å²) < 4.78 is 0.981. The van der Waals surface area contributed by atoms with Crippen molar-refractivity contribution in [1.82, 2.24) is 0 Å². The molecule has 0 bridgehead atoms. The van der Waals surface area contributed by atoms with Gasteiger partial charge in [0, 0.05) is 12.0 Å². The van der Waals surface area contributed by atoms with Crippen LogP contribution in [0.25, 0.3) is 0 Å². The van der Waals surface area contributed by atoms with E-state index in [4.69, 9.17) is 0 Å². The fourth-order valence-electron chi connectivity index (χ4n) is 1.68. The maximum absolute atomic E-state index is 11.6. The molecule has 0 spiro atoms. The summed E-state index contributed by atoms with van der Waals surface area (Å²) in [6.45, 7) is 4.28. The van der Waals surface area contributed by atoms with E-state index in [1.54, 1.807) is 0 Å². The highest BCUT2D eigenvalue weighted by atomic mass is 127. The number of carbonyl (C=O) groups excluding carboxylic acids is 1. The number of rotatable bonds is 0. The number of hydrogen-bond acceptors (Lipinski definition) is 1. The van der Waals surface area contributed by atoms with E-state index in [1.165, 1.54) is 0 Å². The van der Waals surface area contributed by atoms with Crippen molar-refractivity contribution < 1.29 is 4.79 Å². The first-order chi connectivity index (χ1) is 5.45. The van der Waals surface area contributed by atoms with Crippen LogP contribution in [-0.4, -0.2) is 5.78 Å². The van der Waals surface area contributed by atoms with Crippen LogP contribution in [0.5, 0.6) is 0 Å². The van der Waals surface area contributed by atoms with Crippen molar-refractivity contribution in [3.05, 3.63) is 8.06 Å². The average molecular weight is 343 g/mol. The molecule has 0 atom stereocenters. The van der Waals surface area contributed by atoms with Crippen molar-refractivity contribution in [2.75, 3.05) is 0 Å². The lowest BCUT2D eigenvalue weighted by Gasteiger charge is -2.31. The first-order valence-electron chi connectivity index (χ1n) is 4.04. The molecule has 0 unspecified atom stereocenters. The Morgan fingerprint density at radius 3 is 2.50 bits per heavy atom. The molecule has 68 valence electrons. The lowest BCUT2D eigenvalue weighted by molar-refractivity contribution is -0.117. The molecule has 1 nitrogen and oxygen atoms in total. The van der Waals surface area contributed by atoms with Gasteiger partial charge in [0.25, 0.3) is 0 Å². The largest absolute Gasteiger partial charge is 0.294 e. The number of hydrogen-bond donors (Lipinski definition) is 0. The molecule has 0 N–H and O–H groups in total. The van der Waals surface area contributed by atoms with Gasteiger partial charge >= 0.3 is 0 Å². The van der Waals surface area contributed by atoms with Crippen molar-refractivity contribution in [3.8, 4) is 0 Å². The predicted octanol–water partition coefficient (Wildman–Crippen LogP) is 3.81. The molecule has 1 aliphatic carbocycles. The molecule has 1 fully saturated rings. The third-order valence-electron chi connectivity index (χ3n) is 2.35. The van der Waals surface area contributed by atoms with E-state index >= 15 is 0 Å². The number of allylic oxidation sites excluding steroid dienone is 1. The molecule has 0 saturated heterocycles. The molecule has 1 aliphatic rings. The van der Waals surface area contributed by atoms with Crippen LogP contribution in [-0.2, 0) is 4.79 Å². The van der Waals surface area contributed by atoms with Crippen LogP contribution >= 0.6 is 38.5 Å². The summed E-state index contributed by atoms with van der Waals surface area (Å²) in [5.74, 6) is 0.313. The smallest absolute Gasteiger partial charge is 0.160 e. The molecule has 0 aromatic heterocycles. The van der Waals surface area contributed by atoms with Gasteiger partial charge in [0.15, 0.2) is 5.78 Å². The van der Waals surface area contributed by atoms with E-state index in [9.17, 15) is 4.79 Å². The Bertz CT molecular complexity index is 239. The van der Waals surface area contributed by atoms with Crippen LogP contribution in [0, 0.1) is 5.41 Å². The van der Waals surface area contributed by atoms with Gasteiger partial charge in [-0.2, -0.15) is 0 Å². The van der Waals surface area contributed by atoms with Gasteiger partial charge in [-0.1, -0.05) is 13.8 Å². The second-order valence-electron chi connectivity index (χ2n) is 3.80. The highest BCUT2D eigenvalue weighted by molar-refractivity contribution is 14.1. The van der Waals surface area contributed by atoms with Crippen molar-refractivity contribution in [2.24, 2.45) is 5.41 Å². The quantitative estimate of drug-likeness (QED) is 0.483. The Kier molecular flexibility index (Phi) is 3.37. The van der Waals surface area contributed by atoms with Gasteiger partial charge in [-0.15, -0.1) is 0 Å². The van der Waals surface area contributed by atoms with E-state index in [-0.39, 0.29) is 5.41 Å². The summed E-state index contributed by atoms with van der Waals surface area (Å²) in [6, 6.07) is 0. The summed E-state index contributed by atoms with van der Waals surface area (Å²) >= 11 is 5.58. The Morgan fingerprint density at radius 2 is 2.17 bits per heavy atom. The zero-order valence-corrected chi connectivity index (χ0v) is 11.0. The SMILES string of the molecule is CC1(C)CCCC(=O)C1=C(Br)I. The molecule has 0 amide bonds. The van der Waals surface area contributed by atoms with E-state index in [0.29, 0.717) is 5.78 Å². The Labute approximate surface area is 95.3 Å². The van der Waals surface area contributed by atoms with E-state index < -0.39 is 0 Å². The molecule has 12 heavy (non-hydrogen) atoms. The average Bonchev–Trinajstić information content (AvgIpc) is 1.82. The van der Waals surface area contributed by atoms with Gasteiger partial charge in [0.2, 0.25) is 0 Å². The Hall–Kier alpha value is 0.620. The van der Waals surface area contributed by atoms with Gasteiger partial charge in [-0.3, -0.25) is 4.79 Å². The molecule has 0 aromatic rings. The van der Waals surface area contributed by atoms with Gasteiger partial charge in [0.1, 0.15) is 0 Å². The highest BCUT2D eigenvalue weighted by Gasteiger charge is 2.33. The molecule has 3 heteroatoms. The summed E-state index contributed by atoms with van der Waals surface area (Å²) in [6.07, 6.45) is 2.87. The molecule has 1 rings (SSSR count). The number of carbonyl (C=O) groups is 1. The monoisotopic (exact) mass is 342 g/mol. The maximum atomic E-state index is 11.6. The number of Topliss-reactive ketones (excluding diaryl/α,β-unsaturated/α-hetero) is 1. The molecule has 0 aromatic carbocycles. The van der Waals surface area contributed by atoms with E-state index in [2.05, 4.69) is 52.4 Å². The van der Waals surface area contributed by atoms with Crippen molar-refractivity contribution >= 4 is 44.3 Å². The number of halogens is 2. The van der Waals surface area contributed by atoms with Gasteiger partial charge < -0.3 is 0 Å². The second-order valence-corrected chi connectivity index (χ2v) is 7.15. The van der Waals surface area contributed by atoms with Crippen LogP contribution in [0.15, 0.2) is 8.06 Å². The summed E-state index contributed by atoms with van der Waals surface area (Å²) in [5.41, 5.74) is 1.05. The summed E-state index contributed by atoms with van der Waals surface area (Å²) in [7, 11) is 0. The Balaban J connectivity index is 3.06. The second kappa shape index (κ2) is 3.78. The minimum absolute atomic E-state index is 0.0648. The van der Waals surface area contributed by atoms with Crippen molar-refractivity contribution in [3.63, 3.8) is 0 Å². The maximum Gasteiger partial charge on any atom is 0.160 e. The fraction of sp³-hybridized carbons (Fsp3) is 0.667.